The molecule has 0 saturated heterocycles. The topological polar surface area (TPSA) is 36.7 Å². The number of benzene rings is 1. The van der Waals surface area contributed by atoms with Crippen LogP contribution in [0.25, 0.3) is 10.4 Å². The van der Waals surface area contributed by atoms with Crippen LogP contribution < -0.4 is 0 Å². The molecule has 0 radical (unpaired) electrons. The van der Waals surface area contributed by atoms with Crippen LogP contribution in [0.2, 0.25) is 4.47 Å². The molecule has 0 unspecified atom stereocenters. The predicted molar refractivity (Wildman–Crippen MR) is 62.0 cm³/mol. The van der Waals surface area contributed by atoms with Gasteiger partial charge < -0.3 is 0 Å². The zero-order chi connectivity index (χ0) is 10.8. The molecule has 1 aromatic carbocycles. The van der Waals surface area contributed by atoms with Crippen molar-refractivity contribution in [2.75, 3.05) is 0 Å². The molecule has 4 heteroatoms. The number of thiazole rings is 1. The second-order valence-corrected chi connectivity index (χ2v) is 4.70. The SMILES string of the molecule is Cc1ccc(-c2sc(Cl)nc2C#N)cc1. The molecule has 15 heavy (non-hydrogen) atoms. The normalized spacial score (nSPS) is 9.93. The van der Waals surface area contributed by atoms with Crippen molar-refractivity contribution in [2.45, 2.75) is 6.92 Å². The van der Waals surface area contributed by atoms with Crippen molar-refractivity contribution in [2.24, 2.45) is 0 Å². The number of hydrogen-bond donors (Lipinski definition) is 0. The van der Waals surface area contributed by atoms with Crippen LogP contribution in [-0.2, 0) is 0 Å². The van der Waals surface area contributed by atoms with Crippen molar-refractivity contribution < 1.29 is 0 Å². The van der Waals surface area contributed by atoms with Gasteiger partial charge in [0.1, 0.15) is 6.07 Å². The van der Waals surface area contributed by atoms with Crippen molar-refractivity contribution in [3.63, 3.8) is 0 Å². The second kappa shape index (κ2) is 4.01. The Balaban J connectivity index is 2.54. The van der Waals surface area contributed by atoms with Gasteiger partial charge in [0.15, 0.2) is 10.2 Å². The molecule has 0 aliphatic carbocycles. The highest BCUT2D eigenvalue weighted by Gasteiger charge is 2.10. The first kappa shape index (κ1) is 10.2. The Morgan fingerprint density at radius 1 is 1.33 bits per heavy atom. The molecule has 2 aromatic rings. The smallest absolute Gasteiger partial charge is 0.185 e. The predicted octanol–water partition coefficient (Wildman–Crippen LogP) is 3.64. The van der Waals surface area contributed by atoms with Crippen molar-refractivity contribution in [3.05, 3.63) is 40.0 Å². The summed E-state index contributed by atoms with van der Waals surface area (Å²) in [6.07, 6.45) is 0. The van der Waals surface area contributed by atoms with Crippen LogP contribution in [-0.4, -0.2) is 4.98 Å². The molecule has 0 atom stereocenters. The van der Waals surface area contributed by atoms with E-state index in [2.05, 4.69) is 4.98 Å². The standard InChI is InChI=1S/C11H7ClN2S/c1-7-2-4-8(5-3-7)10-9(6-13)14-11(12)15-10/h2-5H,1H3. The highest BCUT2D eigenvalue weighted by molar-refractivity contribution is 7.19. The number of nitrogens with zero attached hydrogens (tertiary/aromatic N) is 2. The van der Waals surface area contributed by atoms with E-state index >= 15 is 0 Å². The zero-order valence-corrected chi connectivity index (χ0v) is 9.56. The van der Waals surface area contributed by atoms with Crippen molar-refractivity contribution in [1.82, 2.24) is 4.98 Å². The molecule has 0 fully saturated rings. The zero-order valence-electron chi connectivity index (χ0n) is 7.99. The molecular weight excluding hydrogens is 228 g/mol. The van der Waals surface area contributed by atoms with Crippen LogP contribution in [0.1, 0.15) is 11.3 Å². The summed E-state index contributed by atoms with van der Waals surface area (Å²) in [5.74, 6) is 0. The van der Waals surface area contributed by atoms with E-state index in [0.717, 1.165) is 10.4 Å². The van der Waals surface area contributed by atoms with Crippen LogP contribution in [0, 0.1) is 18.3 Å². The van der Waals surface area contributed by atoms with Crippen molar-refractivity contribution >= 4 is 22.9 Å². The Bertz CT molecular complexity index is 523. The van der Waals surface area contributed by atoms with Gasteiger partial charge in [0, 0.05) is 0 Å². The fourth-order valence-corrected chi connectivity index (χ4v) is 2.33. The summed E-state index contributed by atoms with van der Waals surface area (Å²) in [7, 11) is 0. The number of aryl methyl sites for hydroxylation is 1. The van der Waals surface area contributed by atoms with E-state index in [1.165, 1.54) is 16.9 Å². The third-order valence-electron chi connectivity index (χ3n) is 2.02. The van der Waals surface area contributed by atoms with E-state index in [-0.39, 0.29) is 0 Å². The van der Waals surface area contributed by atoms with E-state index < -0.39 is 0 Å². The van der Waals surface area contributed by atoms with E-state index in [1.807, 2.05) is 37.3 Å². The molecule has 1 heterocycles. The molecule has 2 rings (SSSR count). The number of nitriles is 1. The molecule has 0 aliphatic rings. The van der Waals surface area contributed by atoms with E-state index in [1.54, 1.807) is 0 Å². The molecular formula is C11H7ClN2S. The number of hydrogen-bond acceptors (Lipinski definition) is 3. The Morgan fingerprint density at radius 3 is 2.60 bits per heavy atom. The van der Waals surface area contributed by atoms with Gasteiger partial charge in [-0.25, -0.2) is 4.98 Å². The fourth-order valence-electron chi connectivity index (χ4n) is 1.27. The second-order valence-electron chi connectivity index (χ2n) is 3.12. The Hall–Kier alpha value is -1.37. The molecule has 1 aromatic heterocycles. The molecule has 2 nitrogen and oxygen atoms in total. The Labute approximate surface area is 96.8 Å². The van der Waals surface area contributed by atoms with E-state index in [0.29, 0.717) is 10.2 Å². The average Bonchev–Trinajstić information content (AvgIpc) is 2.61. The first-order chi connectivity index (χ1) is 7.20. The lowest BCUT2D eigenvalue weighted by Crippen LogP contribution is -1.79. The van der Waals surface area contributed by atoms with Crippen LogP contribution in [0.4, 0.5) is 0 Å². The van der Waals surface area contributed by atoms with Crippen molar-refractivity contribution in [1.29, 1.82) is 5.26 Å². The monoisotopic (exact) mass is 234 g/mol. The Morgan fingerprint density at radius 2 is 2.00 bits per heavy atom. The Kier molecular flexibility index (Phi) is 2.72. The molecule has 0 spiro atoms. The maximum absolute atomic E-state index is 8.88. The van der Waals surface area contributed by atoms with Crippen LogP contribution >= 0.6 is 22.9 Å². The molecule has 0 bridgehead atoms. The van der Waals surface area contributed by atoms with E-state index in [4.69, 9.17) is 16.9 Å². The number of rotatable bonds is 1. The lowest BCUT2D eigenvalue weighted by Gasteiger charge is -1.97. The largest absolute Gasteiger partial charge is 0.213 e. The minimum Gasteiger partial charge on any atom is -0.213 e. The lowest BCUT2D eigenvalue weighted by atomic mass is 10.1. The first-order valence-corrected chi connectivity index (χ1v) is 5.53. The molecule has 74 valence electrons. The third-order valence-corrected chi connectivity index (χ3v) is 3.23. The minimum absolute atomic E-state index is 0.397. The van der Waals surface area contributed by atoms with Crippen molar-refractivity contribution in [3.8, 4) is 16.5 Å². The third kappa shape index (κ3) is 2.01. The van der Waals surface area contributed by atoms with Gasteiger partial charge in [-0.1, -0.05) is 41.4 Å². The highest BCUT2D eigenvalue weighted by Crippen LogP contribution is 2.32. The minimum atomic E-state index is 0.397. The summed E-state index contributed by atoms with van der Waals surface area (Å²) in [6.45, 7) is 2.02. The summed E-state index contributed by atoms with van der Waals surface area (Å²) in [4.78, 5) is 4.79. The fraction of sp³-hybridized carbons (Fsp3) is 0.0909. The number of halogens is 1. The van der Waals surface area contributed by atoms with E-state index in [9.17, 15) is 0 Å². The summed E-state index contributed by atoms with van der Waals surface area (Å²) in [5.41, 5.74) is 2.57. The molecule has 0 amide bonds. The van der Waals surface area contributed by atoms with Gasteiger partial charge in [-0.3, -0.25) is 0 Å². The number of aromatic nitrogens is 1. The van der Waals surface area contributed by atoms with Gasteiger partial charge in [0.05, 0.1) is 4.88 Å². The molecule has 0 aliphatic heterocycles. The first-order valence-electron chi connectivity index (χ1n) is 4.34. The average molecular weight is 235 g/mol. The maximum atomic E-state index is 8.88. The molecule has 0 N–H and O–H groups in total. The molecule has 0 saturated carbocycles. The van der Waals surface area contributed by atoms with Gasteiger partial charge >= 0.3 is 0 Å². The van der Waals surface area contributed by atoms with Crippen LogP contribution in [0.3, 0.4) is 0 Å². The highest BCUT2D eigenvalue weighted by atomic mass is 35.5. The summed E-state index contributed by atoms with van der Waals surface area (Å²) < 4.78 is 0.405. The maximum Gasteiger partial charge on any atom is 0.185 e. The van der Waals surface area contributed by atoms with Crippen LogP contribution in [0.15, 0.2) is 24.3 Å². The lowest BCUT2D eigenvalue weighted by molar-refractivity contribution is 1.33. The summed E-state index contributed by atoms with van der Waals surface area (Å²) >= 11 is 7.11. The summed E-state index contributed by atoms with van der Waals surface area (Å²) in [5, 5.41) is 8.88. The van der Waals surface area contributed by atoms with Gasteiger partial charge in [-0.05, 0) is 12.5 Å². The van der Waals surface area contributed by atoms with Gasteiger partial charge in [-0.15, -0.1) is 11.3 Å². The van der Waals surface area contributed by atoms with Gasteiger partial charge in [0.25, 0.3) is 0 Å². The summed E-state index contributed by atoms with van der Waals surface area (Å²) in [6, 6.07) is 10.00. The van der Waals surface area contributed by atoms with Gasteiger partial charge in [-0.2, -0.15) is 5.26 Å². The van der Waals surface area contributed by atoms with Gasteiger partial charge in [0.2, 0.25) is 0 Å². The van der Waals surface area contributed by atoms with Crippen LogP contribution in [0.5, 0.6) is 0 Å². The quantitative estimate of drug-likeness (QED) is 0.755.